The van der Waals surface area contributed by atoms with E-state index in [0.717, 1.165) is 24.2 Å². The van der Waals surface area contributed by atoms with Crippen LogP contribution in [0, 0.1) is 0 Å². The van der Waals surface area contributed by atoms with Gasteiger partial charge in [-0.05, 0) is 41.7 Å². The Morgan fingerprint density at radius 1 is 1.00 bits per heavy atom. The molecule has 0 aromatic heterocycles. The minimum atomic E-state index is -0.793. The van der Waals surface area contributed by atoms with Gasteiger partial charge in [-0.2, -0.15) is 0 Å². The van der Waals surface area contributed by atoms with Gasteiger partial charge in [0.15, 0.2) is 0 Å². The molecule has 2 aromatic rings. The zero-order chi connectivity index (χ0) is 14.7. The van der Waals surface area contributed by atoms with E-state index in [-0.39, 0.29) is 6.42 Å². The molecule has 2 aromatic carbocycles. The van der Waals surface area contributed by atoms with Gasteiger partial charge in [0.2, 0.25) is 0 Å². The zero-order valence-corrected chi connectivity index (χ0v) is 12.0. The van der Waals surface area contributed by atoms with Crippen molar-refractivity contribution in [3.05, 3.63) is 54.1 Å². The van der Waals surface area contributed by atoms with Gasteiger partial charge in [-0.15, -0.1) is 0 Å². The van der Waals surface area contributed by atoms with Gasteiger partial charge in [0, 0.05) is 18.8 Å². The first-order valence-corrected chi connectivity index (χ1v) is 7.38. The third-order valence-electron chi connectivity index (χ3n) is 3.96. The van der Waals surface area contributed by atoms with Crippen LogP contribution in [0.2, 0.25) is 0 Å². The van der Waals surface area contributed by atoms with Gasteiger partial charge in [-0.3, -0.25) is 4.79 Å². The van der Waals surface area contributed by atoms with Gasteiger partial charge >= 0.3 is 5.97 Å². The summed E-state index contributed by atoms with van der Waals surface area (Å²) in [6.45, 7) is 2.28. The molecule has 0 unspecified atom stereocenters. The third-order valence-corrected chi connectivity index (χ3v) is 3.96. The van der Waals surface area contributed by atoms with Gasteiger partial charge in [0.05, 0.1) is 6.42 Å². The Morgan fingerprint density at radius 2 is 1.71 bits per heavy atom. The van der Waals surface area contributed by atoms with E-state index >= 15 is 0 Å². The summed E-state index contributed by atoms with van der Waals surface area (Å²) in [6, 6.07) is 16.4. The first kappa shape index (κ1) is 13.7. The highest BCUT2D eigenvalue weighted by Crippen LogP contribution is 2.27. The Balaban J connectivity index is 1.82. The molecule has 1 aliphatic rings. The number of carboxylic acids is 1. The smallest absolute Gasteiger partial charge is 0.307 e. The SMILES string of the molecule is O=C(O)Cc1ccc(-c2cccc(N3CCCC3)c2)cc1. The largest absolute Gasteiger partial charge is 0.481 e. The summed E-state index contributed by atoms with van der Waals surface area (Å²) in [5.41, 5.74) is 4.42. The van der Waals surface area contributed by atoms with E-state index in [9.17, 15) is 4.79 Å². The molecule has 1 fully saturated rings. The summed E-state index contributed by atoms with van der Waals surface area (Å²) < 4.78 is 0. The number of carbonyl (C=O) groups is 1. The third kappa shape index (κ3) is 3.24. The molecule has 108 valence electrons. The second kappa shape index (κ2) is 6.00. The predicted molar refractivity (Wildman–Crippen MR) is 84.7 cm³/mol. The lowest BCUT2D eigenvalue weighted by atomic mass is 10.0. The lowest BCUT2D eigenvalue weighted by Crippen LogP contribution is -2.17. The first-order valence-electron chi connectivity index (χ1n) is 7.38. The molecule has 0 radical (unpaired) electrons. The van der Waals surface area contributed by atoms with Gasteiger partial charge < -0.3 is 10.0 Å². The van der Waals surface area contributed by atoms with Crippen LogP contribution in [0.1, 0.15) is 18.4 Å². The molecule has 1 aliphatic heterocycles. The summed E-state index contributed by atoms with van der Waals surface area (Å²) in [5.74, 6) is -0.793. The minimum Gasteiger partial charge on any atom is -0.481 e. The maximum absolute atomic E-state index is 10.7. The van der Waals surface area contributed by atoms with Crippen LogP contribution in [0.25, 0.3) is 11.1 Å². The van der Waals surface area contributed by atoms with Crippen LogP contribution in [-0.4, -0.2) is 24.2 Å². The monoisotopic (exact) mass is 281 g/mol. The Kier molecular flexibility index (Phi) is 3.91. The molecule has 1 saturated heterocycles. The molecular weight excluding hydrogens is 262 g/mol. The highest BCUT2D eigenvalue weighted by atomic mass is 16.4. The molecular formula is C18H19NO2. The number of carboxylic acid groups (broad SMARTS) is 1. The molecule has 3 heteroatoms. The van der Waals surface area contributed by atoms with E-state index in [1.165, 1.54) is 24.1 Å². The van der Waals surface area contributed by atoms with Crippen LogP contribution in [0.4, 0.5) is 5.69 Å². The fourth-order valence-electron chi connectivity index (χ4n) is 2.85. The molecule has 21 heavy (non-hydrogen) atoms. The van der Waals surface area contributed by atoms with Crippen molar-refractivity contribution in [3.8, 4) is 11.1 Å². The molecule has 3 rings (SSSR count). The molecule has 1 heterocycles. The number of rotatable bonds is 4. The van der Waals surface area contributed by atoms with E-state index in [0.29, 0.717) is 0 Å². The average molecular weight is 281 g/mol. The van der Waals surface area contributed by atoms with Crippen molar-refractivity contribution in [3.63, 3.8) is 0 Å². The van der Waals surface area contributed by atoms with Crippen molar-refractivity contribution in [2.75, 3.05) is 18.0 Å². The predicted octanol–water partition coefficient (Wildman–Crippen LogP) is 3.58. The van der Waals surface area contributed by atoms with E-state index in [4.69, 9.17) is 5.11 Å². The van der Waals surface area contributed by atoms with Crippen LogP contribution in [0.5, 0.6) is 0 Å². The van der Waals surface area contributed by atoms with Crippen LogP contribution < -0.4 is 4.90 Å². The van der Waals surface area contributed by atoms with Crippen molar-refractivity contribution < 1.29 is 9.90 Å². The van der Waals surface area contributed by atoms with E-state index in [2.05, 4.69) is 29.2 Å². The summed E-state index contributed by atoms with van der Waals surface area (Å²) >= 11 is 0. The summed E-state index contributed by atoms with van der Waals surface area (Å²) in [4.78, 5) is 13.1. The first-order chi connectivity index (χ1) is 10.2. The molecule has 0 saturated carbocycles. The Labute approximate surface area is 124 Å². The molecule has 0 bridgehead atoms. The van der Waals surface area contributed by atoms with Crippen molar-refractivity contribution >= 4 is 11.7 Å². The fourth-order valence-corrected chi connectivity index (χ4v) is 2.85. The second-order valence-electron chi connectivity index (χ2n) is 5.51. The number of nitrogens with zero attached hydrogens (tertiary/aromatic N) is 1. The highest BCUT2D eigenvalue weighted by Gasteiger charge is 2.12. The molecule has 0 aliphatic carbocycles. The molecule has 3 nitrogen and oxygen atoms in total. The average Bonchev–Trinajstić information content (AvgIpc) is 3.02. The van der Waals surface area contributed by atoms with Crippen molar-refractivity contribution in [2.45, 2.75) is 19.3 Å². The summed E-state index contributed by atoms with van der Waals surface area (Å²) in [6.07, 6.45) is 2.62. The van der Waals surface area contributed by atoms with Gasteiger partial charge in [0.1, 0.15) is 0 Å². The quantitative estimate of drug-likeness (QED) is 0.931. The maximum atomic E-state index is 10.7. The topological polar surface area (TPSA) is 40.5 Å². The van der Waals surface area contributed by atoms with Crippen molar-refractivity contribution in [2.24, 2.45) is 0 Å². The maximum Gasteiger partial charge on any atom is 0.307 e. The fraction of sp³-hybridized carbons (Fsp3) is 0.278. The number of hydrogen-bond acceptors (Lipinski definition) is 2. The zero-order valence-electron chi connectivity index (χ0n) is 12.0. The van der Waals surface area contributed by atoms with Crippen molar-refractivity contribution in [1.82, 2.24) is 0 Å². The van der Waals surface area contributed by atoms with Crippen LogP contribution >= 0.6 is 0 Å². The van der Waals surface area contributed by atoms with Crippen LogP contribution in [0.3, 0.4) is 0 Å². The Bertz CT molecular complexity index is 628. The number of aliphatic carboxylic acids is 1. The minimum absolute atomic E-state index is 0.0775. The standard InChI is InChI=1S/C18H19NO2/c20-18(21)12-14-6-8-15(9-7-14)16-4-3-5-17(13-16)19-10-1-2-11-19/h3-9,13H,1-2,10-12H2,(H,20,21). The summed E-state index contributed by atoms with van der Waals surface area (Å²) in [7, 11) is 0. The van der Waals surface area contributed by atoms with Crippen LogP contribution in [-0.2, 0) is 11.2 Å². The Hall–Kier alpha value is -2.29. The van der Waals surface area contributed by atoms with Gasteiger partial charge in [-0.1, -0.05) is 36.4 Å². The normalized spacial score (nSPS) is 14.4. The number of benzene rings is 2. The Morgan fingerprint density at radius 3 is 2.38 bits per heavy atom. The number of anilines is 1. The molecule has 0 amide bonds. The van der Waals surface area contributed by atoms with E-state index < -0.39 is 5.97 Å². The van der Waals surface area contributed by atoms with E-state index in [1.54, 1.807) is 0 Å². The van der Waals surface area contributed by atoms with Crippen molar-refractivity contribution in [1.29, 1.82) is 0 Å². The highest BCUT2D eigenvalue weighted by molar-refractivity contribution is 5.72. The summed E-state index contributed by atoms with van der Waals surface area (Å²) in [5, 5.41) is 8.81. The van der Waals surface area contributed by atoms with Gasteiger partial charge in [-0.25, -0.2) is 0 Å². The van der Waals surface area contributed by atoms with Crippen LogP contribution in [0.15, 0.2) is 48.5 Å². The lowest BCUT2D eigenvalue weighted by Gasteiger charge is -2.18. The number of hydrogen-bond donors (Lipinski definition) is 1. The van der Waals surface area contributed by atoms with E-state index in [1.807, 2.05) is 24.3 Å². The molecule has 0 atom stereocenters. The lowest BCUT2D eigenvalue weighted by molar-refractivity contribution is -0.136. The molecule has 1 N–H and O–H groups in total. The molecule has 0 spiro atoms. The second-order valence-corrected chi connectivity index (χ2v) is 5.51. The van der Waals surface area contributed by atoms with Gasteiger partial charge in [0.25, 0.3) is 0 Å².